The summed E-state index contributed by atoms with van der Waals surface area (Å²) in [6.45, 7) is 5.76. The quantitative estimate of drug-likeness (QED) is 0.761. The molecule has 2 unspecified atom stereocenters. The molecule has 0 aromatic heterocycles. The number of aliphatic hydroxyl groups is 1. The van der Waals surface area contributed by atoms with E-state index in [0.29, 0.717) is 12.6 Å². The number of rotatable bonds is 6. The normalized spacial score (nSPS) is 31.0. The Balaban J connectivity index is 1.83. The first-order valence-corrected chi connectivity index (χ1v) is 7.91. The van der Waals surface area contributed by atoms with E-state index >= 15 is 0 Å². The maximum absolute atomic E-state index is 9.14. The highest BCUT2D eigenvalue weighted by molar-refractivity contribution is 4.87. The van der Waals surface area contributed by atoms with Crippen LogP contribution in [0.2, 0.25) is 0 Å². The molecule has 0 aromatic rings. The molecule has 0 amide bonds. The summed E-state index contributed by atoms with van der Waals surface area (Å²) < 4.78 is 0. The molecule has 2 aliphatic rings. The Morgan fingerprint density at radius 1 is 1.17 bits per heavy atom. The summed E-state index contributed by atoms with van der Waals surface area (Å²) >= 11 is 0. The Kier molecular flexibility index (Phi) is 5.93. The first-order chi connectivity index (χ1) is 8.81. The highest BCUT2D eigenvalue weighted by Crippen LogP contribution is 2.24. The second-order valence-electron chi connectivity index (χ2n) is 6.22. The molecule has 2 rings (SSSR count). The van der Waals surface area contributed by atoms with Crippen molar-refractivity contribution in [3.05, 3.63) is 0 Å². The van der Waals surface area contributed by atoms with Gasteiger partial charge in [-0.15, -0.1) is 0 Å². The van der Waals surface area contributed by atoms with Gasteiger partial charge in [-0.25, -0.2) is 0 Å². The lowest BCUT2D eigenvalue weighted by Gasteiger charge is -2.39. The highest BCUT2D eigenvalue weighted by atomic mass is 16.3. The minimum Gasteiger partial charge on any atom is -0.395 e. The lowest BCUT2D eigenvalue weighted by Crippen LogP contribution is -2.52. The van der Waals surface area contributed by atoms with E-state index in [1.54, 1.807) is 0 Å². The van der Waals surface area contributed by atoms with E-state index in [0.717, 1.165) is 25.0 Å². The molecular formula is C15H30N2O. The second-order valence-corrected chi connectivity index (χ2v) is 6.22. The predicted octanol–water partition coefficient (Wildman–Crippen LogP) is 2.00. The molecule has 106 valence electrons. The van der Waals surface area contributed by atoms with E-state index in [-0.39, 0.29) is 0 Å². The first kappa shape index (κ1) is 14.3. The average molecular weight is 254 g/mol. The number of nitrogens with zero attached hydrogens (tertiary/aromatic N) is 1. The molecule has 1 heterocycles. The maximum atomic E-state index is 9.14. The van der Waals surface area contributed by atoms with Crippen molar-refractivity contribution in [2.45, 2.75) is 64.0 Å². The van der Waals surface area contributed by atoms with Crippen molar-refractivity contribution in [2.24, 2.45) is 5.92 Å². The predicted molar refractivity (Wildman–Crippen MR) is 75.7 cm³/mol. The van der Waals surface area contributed by atoms with Crippen molar-refractivity contribution in [3.8, 4) is 0 Å². The number of likely N-dealkylation sites (tertiary alicyclic amines) is 1. The standard InChI is InChI=1S/C15H30N2O/c1-2-5-13-10-15(12-17(11-13)8-9-18)16-14-6-3-4-7-14/h13-16,18H,2-12H2,1H3. The summed E-state index contributed by atoms with van der Waals surface area (Å²) in [6, 6.07) is 1.43. The fraction of sp³-hybridized carbons (Fsp3) is 1.00. The summed E-state index contributed by atoms with van der Waals surface area (Å²) in [6.07, 6.45) is 9.51. The number of aliphatic hydroxyl groups excluding tert-OH is 1. The van der Waals surface area contributed by atoms with E-state index < -0.39 is 0 Å². The molecule has 2 fully saturated rings. The highest BCUT2D eigenvalue weighted by Gasteiger charge is 2.28. The molecule has 3 heteroatoms. The van der Waals surface area contributed by atoms with Gasteiger partial charge in [-0.3, -0.25) is 4.90 Å². The third kappa shape index (κ3) is 4.22. The summed E-state index contributed by atoms with van der Waals surface area (Å²) in [5.74, 6) is 0.828. The summed E-state index contributed by atoms with van der Waals surface area (Å²) in [4.78, 5) is 2.45. The van der Waals surface area contributed by atoms with Crippen LogP contribution in [0.4, 0.5) is 0 Å². The molecule has 0 aromatic carbocycles. The minimum absolute atomic E-state index is 0.301. The van der Waals surface area contributed by atoms with Crippen LogP contribution in [0.15, 0.2) is 0 Å². The van der Waals surface area contributed by atoms with Crippen LogP contribution in [-0.2, 0) is 0 Å². The van der Waals surface area contributed by atoms with Crippen LogP contribution < -0.4 is 5.32 Å². The van der Waals surface area contributed by atoms with Crippen LogP contribution in [0.25, 0.3) is 0 Å². The van der Waals surface area contributed by atoms with Crippen molar-refractivity contribution < 1.29 is 5.11 Å². The summed E-state index contributed by atoms with van der Waals surface area (Å²) in [5, 5.41) is 13.0. The van der Waals surface area contributed by atoms with Crippen LogP contribution in [0.3, 0.4) is 0 Å². The van der Waals surface area contributed by atoms with Crippen LogP contribution in [0.1, 0.15) is 51.9 Å². The van der Waals surface area contributed by atoms with E-state index in [2.05, 4.69) is 17.1 Å². The number of β-amino-alcohol motifs (C(OH)–C–C–N with tert-alkyl or cyclic N) is 1. The van der Waals surface area contributed by atoms with Gasteiger partial charge in [0.2, 0.25) is 0 Å². The molecule has 1 saturated carbocycles. The minimum atomic E-state index is 0.301. The zero-order chi connectivity index (χ0) is 12.8. The molecule has 2 atom stereocenters. The Bertz CT molecular complexity index is 215. The Morgan fingerprint density at radius 3 is 2.61 bits per heavy atom. The van der Waals surface area contributed by atoms with Gasteiger partial charge in [0, 0.05) is 31.7 Å². The largest absolute Gasteiger partial charge is 0.395 e. The molecule has 3 nitrogen and oxygen atoms in total. The third-order valence-electron chi connectivity index (χ3n) is 4.55. The van der Waals surface area contributed by atoms with Crippen molar-refractivity contribution in [1.29, 1.82) is 0 Å². The van der Waals surface area contributed by atoms with Gasteiger partial charge in [-0.05, 0) is 31.6 Å². The average Bonchev–Trinajstić information content (AvgIpc) is 2.82. The van der Waals surface area contributed by atoms with Crippen molar-refractivity contribution >= 4 is 0 Å². The van der Waals surface area contributed by atoms with Crippen molar-refractivity contribution in [1.82, 2.24) is 10.2 Å². The van der Waals surface area contributed by atoms with Gasteiger partial charge in [0.25, 0.3) is 0 Å². The Hall–Kier alpha value is -0.120. The van der Waals surface area contributed by atoms with Gasteiger partial charge in [0.1, 0.15) is 0 Å². The topological polar surface area (TPSA) is 35.5 Å². The molecular weight excluding hydrogens is 224 g/mol. The van der Waals surface area contributed by atoms with Gasteiger partial charge in [0.05, 0.1) is 6.61 Å². The molecule has 1 saturated heterocycles. The molecule has 1 aliphatic heterocycles. The van der Waals surface area contributed by atoms with Crippen LogP contribution in [0.5, 0.6) is 0 Å². The molecule has 0 bridgehead atoms. The van der Waals surface area contributed by atoms with E-state index in [9.17, 15) is 0 Å². The van der Waals surface area contributed by atoms with Gasteiger partial charge >= 0.3 is 0 Å². The van der Waals surface area contributed by atoms with Crippen molar-refractivity contribution in [3.63, 3.8) is 0 Å². The van der Waals surface area contributed by atoms with Crippen molar-refractivity contribution in [2.75, 3.05) is 26.2 Å². The van der Waals surface area contributed by atoms with Gasteiger partial charge in [0.15, 0.2) is 0 Å². The SMILES string of the molecule is CCCC1CC(NC2CCCC2)CN(CCO)C1. The fourth-order valence-electron chi connectivity index (χ4n) is 3.79. The van der Waals surface area contributed by atoms with Crippen LogP contribution in [-0.4, -0.2) is 48.3 Å². The maximum Gasteiger partial charge on any atom is 0.0558 e. The van der Waals surface area contributed by atoms with Gasteiger partial charge in [-0.2, -0.15) is 0 Å². The van der Waals surface area contributed by atoms with Gasteiger partial charge < -0.3 is 10.4 Å². The number of nitrogens with one attached hydrogen (secondary N) is 1. The Labute approximate surface area is 112 Å². The summed E-state index contributed by atoms with van der Waals surface area (Å²) in [5.41, 5.74) is 0. The zero-order valence-electron chi connectivity index (χ0n) is 11.9. The van der Waals surface area contributed by atoms with Crippen LogP contribution in [0, 0.1) is 5.92 Å². The lowest BCUT2D eigenvalue weighted by atomic mass is 9.90. The van der Waals surface area contributed by atoms with E-state index in [1.807, 2.05) is 0 Å². The fourth-order valence-corrected chi connectivity index (χ4v) is 3.79. The number of piperidine rings is 1. The molecule has 18 heavy (non-hydrogen) atoms. The van der Waals surface area contributed by atoms with E-state index in [4.69, 9.17) is 5.11 Å². The lowest BCUT2D eigenvalue weighted by molar-refractivity contribution is 0.108. The second kappa shape index (κ2) is 7.46. The first-order valence-electron chi connectivity index (χ1n) is 7.91. The molecule has 0 radical (unpaired) electrons. The smallest absolute Gasteiger partial charge is 0.0558 e. The molecule has 2 N–H and O–H groups in total. The van der Waals surface area contributed by atoms with Crippen LogP contribution >= 0.6 is 0 Å². The molecule has 0 spiro atoms. The van der Waals surface area contributed by atoms with Gasteiger partial charge in [-0.1, -0.05) is 26.2 Å². The van der Waals surface area contributed by atoms with E-state index in [1.165, 1.54) is 51.5 Å². The molecule has 1 aliphatic carbocycles. The Morgan fingerprint density at radius 2 is 1.94 bits per heavy atom. The monoisotopic (exact) mass is 254 g/mol. The third-order valence-corrected chi connectivity index (χ3v) is 4.55. The summed E-state index contributed by atoms with van der Waals surface area (Å²) in [7, 11) is 0. The number of hydrogen-bond donors (Lipinski definition) is 2. The zero-order valence-corrected chi connectivity index (χ0v) is 11.9. The number of hydrogen-bond acceptors (Lipinski definition) is 3.